The van der Waals surface area contributed by atoms with E-state index in [1.807, 2.05) is 20.8 Å². The Balaban J connectivity index is 1.94. The van der Waals surface area contributed by atoms with E-state index in [1.165, 1.54) is 6.20 Å². The van der Waals surface area contributed by atoms with Gasteiger partial charge in [0.1, 0.15) is 5.52 Å². The van der Waals surface area contributed by atoms with Gasteiger partial charge in [-0.1, -0.05) is 23.2 Å². The van der Waals surface area contributed by atoms with Crippen LogP contribution in [0.15, 0.2) is 30.5 Å². The number of urea groups is 1. The molecule has 0 spiro atoms. The van der Waals surface area contributed by atoms with Crippen molar-refractivity contribution in [1.82, 2.24) is 20.3 Å². The van der Waals surface area contributed by atoms with Gasteiger partial charge in [0, 0.05) is 11.1 Å². The number of benzene rings is 1. The Morgan fingerprint density at radius 2 is 1.78 bits per heavy atom. The molecule has 3 rings (SSSR count). The van der Waals surface area contributed by atoms with E-state index in [-0.39, 0.29) is 33.2 Å². The largest absolute Gasteiger partial charge is 0.505 e. The van der Waals surface area contributed by atoms with Gasteiger partial charge >= 0.3 is 6.03 Å². The fourth-order valence-electron chi connectivity index (χ4n) is 2.32. The van der Waals surface area contributed by atoms with Gasteiger partial charge in [-0.25, -0.2) is 19.7 Å². The minimum absolute atomic E-state index is 0.125. The fraction of sp³-hybridized carbons (Fsp3) is 0.222. The van der Waals surface area contributed by atoms with Crippen molar-refractivity contribution in [3.05, 3.63) is 40.5 Å². The van der Waals surface area contributed by atoms with Gasteiger partial charge in [-0.2, -0.15) is 0 Å². The first kappa shape index (κ1) is 19.1. The number of fused-ring (bicyclic) bond motifs is 1. The molecule has 0 bridgehead atoms. The van der Waals surface area contributed by atoms with E-state index in [1.54, 1.807) is 24.3 Å². The van der Waals surface area contributed by atoms with Crippen molar-refractivity contribution in [3.8, 4) is 17.0 Å². The van der Waals surface area contributed by atoms with Crippen molar-refractivity contribution in [2.45, 2.75) is 26.3 Å². The van der Waals surface area contributed by atoms with E-state index >= 15 is 0 Å². The van der Waals surface area contributed by atoms with Crippen molar-refractivity contribution >= 4 is 46.2 Å². The molecule has 7 nitrogen and oxygen atoms in total. The quantitative estimate of drug-likeness (QED) is 0.577. The molecule has 0 radical (unpaired) electrons. The first-order chi connectivity index (χ1) is 12.6. The molecule has 2 amide bonds. The number of hydrogen-bond donors (Lipinski definition) is 3. The molecule has 2 aromatic heterocycles. The number of pyridine rings is 1. The Bertz CT molecular complexity index is 1010. The molecule has 3 aromatic rings. The van der Waals surface area contributed by atoms with Gasteiger partial charge in [0.15, 0.2) is 17.2 Å². The van der Waals surface area contributed by atoms with Gasteiger partial charge in [-0.15, -0.1) is 0 Å². The Morgan fingerprint density at radius 1 is 1.11 bits per heavy atom. The monoisotopic (exact) mass is 405 g/mol. The van der Waals surface area contributed by atoms with Crippen LogP contribution in [0.1, 0.15) is 20.8 Å². The maximum atomic E-state index is 12.0. The molecule has 140 valence electrons. The van der Waals surface area contributed by atoms with Crippen molar-refractivity contribution in [3.63, 3.8) is 0 Å². The Kier molecular flexibility index (Phi) is 5.08. The van der Waals surface area contributed by atoms with Gasteiger partial charge in [0.05, 0.1) is 21.9 Å². The fourth-order valence-corrected chi connectivity index (χ4v) is 2.81. The zero-order chi connectivity index (χ0) is 19.8. The maximum Gasteiger partial charge on any atom is 0.320 e. The van der Waals surface area contributed by atoms with E-state index in [4.69, 9.17) is 23.2 Å². The lowest BCUT2D eigenvalue weighted by Crippen LogP contribution is -2.43. The van der Waals surface area contributed by atoms with Crippen LogP contribution in [-0.2, 0) is 0 Å². The molecule has 0 unspecified atom stereocenters. The zero-order valence-electron chi connectivity index (χ0n) is 14.8. The highest BCUT2D eigenvalue weighted by Crippen LogP contribution is 2.36. The van der Waals surface area contributed by atoms with Crippen LogP contribution in [0.5, 0.6) is 5.75 Å². The smallest absolute Gasteiger partial charge is 0.320 e. The van der Waals surface area contributed by atoms with Gasteiger partial charge in [0.25, 0.3) is 0 Å². The topological polar surface area (TPSA) is 100 Å². The molecule has 0 saturated heterocycles. The van der Waals surface area contributed by atoms with Crippen LogP contribution in [-0.4, -0.2) is 31.6 Å². The Labute approximate surface area is 165 Å². The lowest BCUT2D eigenvalue weighted by molar-refractivity contribution is 0.243. The predicted molar refractivity (Wildman–Crippen MR) is 106 cm³/mol. The summed E-state index contributed by atoms with van der Waals surface area (Å²) in [6.07, 6.45) is 1.46. The zero-order valence-corrected chi connectivity index (χ0v) is 16.4. The van der Waals surface area contributed by atoms with E-state index in [0.717, 1.165) is 0 Å². The van der Waals surface area contributed by atoms with Crippen molar-refractivity contribution in [2.24, 2.45) is 0 Å². The number of anilines is 1. The summed E-state index contributed by atoms with van der Waals surface area (Å²) in [4.78, 5) is 25.0. The molecular formula is C18H17Cl2N5O2. The molecular weight excluding hydrogens is 389 g/mol. The van der Waals surface area contributed by atoms with Crippen LogP contribution in [0.25, 0.3) is 22.4 Å². The molecule has 1 aromatic carbocycles. The highest BCUT2D eigenvalue weighted by molar-refractivity contribution is 6.37. The van der Waals surface area contributed by atoms with E-state index < -0.39 is 0 Å². The summed E-state index contributed by atoms with van der Waals surface area (Å²) in [5.74, 6) is 0.0923. The number of phenols is 1. The number of hydrogen-bond acceptors (Lipinski definition) is 5. The normalized spacial score (nSPS) is 11.4. The number of amides is 2. The molecule has 0 atom stereocenters. The molecule has 2 heterocycles. The number of carbonyl (C=O) groups excluding carboxylic acids is 1. The summed E-state index contributed by atoms with van der Waals surface area (Å²) in [5.41, 5.74) is 1.71. The molecule has 0 aliphatic rings. The first-order valence-electron chi connectivity index (χ1n) is 8.04. The van der Waals surface area contributed by atoms with Crippen LogP contribution in [0, 0.1) is 0 Å². The highest BCUT2D eigenvalue weighted by Gasteiger charge is 2.15. The number of carbonyl (C=O) groups is 1. The molecule has 0 aliphatic carbocycles. The average Bonchev–Trinajstić information content (AvgIpc) is 2.56. The van der Waals surface area contributed by atoms with Crippen LogP contribution in [0.2, 0.25) is 10.0 Å². The van der Waals surface area contributed by atoms with Crippen LogP contribution >= 0.6 is 23.2 Å². The SMILES string of the molecule is CC(C)(C)NC(=O)Nc1cnc2ccc(-c3cc(Cl)c(O)c(Cl)c3)nc2n1. The van der Waals surface area contributed by atoms with Crippen molar-refractivity contribution < 1.29 is 9.90 Å². The van der Waals surface area contributed by atoms with Gasteiger partial charge in [-0.05, 0) is 45.0 Å². The van der Waals surface area contributed by atoms with E-state index in [9.17, 15) is 9.90 Å². The number of rotatable bonds is 2. The predicted octanol–water partition coefficient (Wildman–Crippen LogP) is 4.62. The first-order valence-corrected chi connectivity index (χ1v) is 8.79. The summed E-state index contributed by atoms with van der Waals surface area (Å²) < 4.78 is 0. The van der Waals surface area contributed by atoms with Gasteiger partial charge in [0.2, 0.25) is 0 Å². The minimum Gasteiger partial charge on any atom is -0.505 e. The number of nitrogens with one attached hydrogen (secondary N) is 2. The number of aromatic hydroxyl groups is 1. The third kappa shape index (κ3) is 4.56. The molecule has 0 aliphatic heterocycles. The third-order valence-electron chi connectivity index (χ3n) is 3.45. The minimum atomic E-state index is -0.385. The summed E-state index contributed by atoms with van der Waals surface area (Å²) in [7, 11) is 0. The molecule has 27 heavy (non-hydrogen) atoms. The summed E-state index contributed by atoms with van der Waals surface area (Å²) in [6, 6.07) is 6.23. The van der Waals surface area contributed by atoms with Gasteiger partial charge < -0.3 is 10.4 Å². The maximum absolute atomic E-state index is 12.0. The van der Waals surface area contributed by atoms with Crippen LogP contribution in [0.4, 0.5) is 10.6 Å². The standard InChI is InChI=1S/C18H17Cl2N5O2/c1-18(2,3)25-17(27)24-14-8-21-13-5-4-12(22-16(13)23-14)9-6-10(19)15(26)11(20)7-9/h4-8,26H,1-3H3,(H2,22,23,24,25,27). The second-order valence-corrected chi connectivity index (χ2v) is 7.73. The number of halogens is 2. The third-order valence-corrected chi connectivity index (χ3v) is 4.03. The molecule has 0 fully saturated rings. The Hall–Kier alpha value is -2.64. The van der Waals surface area contributed by atoms with Gasteiger partial charge in [-0.3, -0.25) is 5.32 Å². The highest BCUT2D eigenvalue weighted by atomic mass is 35.5. The van der Waals surface area contributed by atoms with Crippen LogP contribution < -0.4 is 10.6 Å². The summed E-state index contributed by atoms with van der Waals surface area (Å²) >= 11 is 12.0. The second-order valence-electron chi connectivity index (χ2n) is 6.91. The molecule has 9 heteroatoms. The number of aromatic nitrogens is 3. The molecule has 3 N–H and O–H groups in total. The average molecular weight is 406 g/mol. The summed E-state index contributed by atoms with van der Waals surface area (Å²) in [5, 5.41) is 15.4. The molecule has 0 saturated carbocycles. The number of nitrogens with zero attached hydrogens (tertiary/aromatic N) is 3. The van der Waals surface area contributed by atoms with Crippen molar-refractivity contribution in [1.29, 1.82) is 0 Å². The Morgan fingerprint density at radius 3 is 2.41 bits per heavy atom. The van der Waals surface area contributed by atoms with Crippen molar-refractivity contribution in [2.75, 3.05) is 5.32 Å². The van der Waals surface area contributed by atoms with E-state index in [0.29, 0.717) is 22.4 Å². The lowest BCUT2D eigenvalue weighted by atomic mass is 10.1. The number of phenolic OH excluding ortho intramolecular Hbond substituents is 1. The van der Waals surface area contributed by atoms with Crippen LogP contribution in [0.3, 0.4) is 0 Å². The summed E-state index contributed by atoms with van der Waals surface area (Å²) in [6.45, 7) is 5.63. The lowest BCUT2D eigenvalue weighted by Gasteiger charge is -2.20. The van der Waals surface area contributed by atoms with E-state index in [2.05, 4.69) is 25.6 Å². The second kappa shape index (κ2) is 7.17.